The van der Waals surface area contributed by atoms with E-state index in [9.17, 15) is 9.59 Å². The number of nitrogens with zero attached hydrogens (tertiary/aromatic N) is 2. The van der Waals surface area contributed by atoms with Crippen molar-refractivity contribution in [1.82, 2.24) is 9.80 Å². The number of likely N-dealkylation sites (tertiary alicyclic amines) is 1. The summed E-state index contributed by atoms with van der Waals surface area (Å²) in [6.07, 6.45) is 1.04. The van der Waals surface area contributed by atoms with E-state index >= 15 is 0 Å². The maximum absolute atomic E-state index is 13.2. The zero-order valence-corrected chi connectivity index (χ0v) is 22.8. The van der Waals surface area contributed by atoms with Gasteiger partial charge in [0.05, 0.1) is 24.9 Å². The molecule has 0 bridgehead atoms. The Balaban J connectivity index is 1.84. The maximum Gasteiger partial charge on any atom is 0.494 e. The van der Waals surface area contributed by atoms with Crippen LogP contribution in [0.25, 0.3) is 0 Å². The van der Waals surface area contributed by atoms with E-state index in [1.165, 1.54) is 0 Å². The van der Waals surface area contributed by atoms with Gasteiger partial charge in [0.1, 0.15) is 11.4 Å². The Bertz CT molecular complexity index is 918. The van der Waals surface area contributed by atoms with Crippen molar-refractivity contribution in [1.29, 1.82) is 0 Å². The number of carbonyl (C=O) groups excluding carboxylic acids is 2. The molecule has 1 aromatic rings. The predicted octanol–water partition coefficient (Wildman–Crippen LogP) is 3.74. The number of amides is 2. The Morgan fingerprint density at radius 2 is 1.69 bits per heavy atom. The Hall–Kier alpha value is -2.26. The van der Waals surface area contributed by atoms with Crippen molar-refractivity contribution in [2.75, 3.05) is 20.2 Å². The number of methoxy groups -OCH3 is 1. The third-order valence-corrected chi connectivity index (χ3v) is 7.16. The summed E-state index contributed by atoms with van der Waals surface area (Å²) in [4.78, 5) is 28.6. The molecule has 0 unspecified atom stereocenters. The number of carbonyl (C=O) groups is 2. The molecule has 2 saturated heterocycles. The Labute approximate surface area is 210 Å². The fourth-order valence-electron chi connectivity index (χ4n) is 4.36. The van der Waals surface area contributed by atoms with E-state index in [0.29, 0.717) is 38.2 Å². The van der Waals surface area contributed by atoms with E-state index < -0.39 is 23.9 Å². The molecule has 2 fully saturated rings. The zero-order chi connectivity index (χ0) is 26.2. The van der Waals surface area contributed by atoms with Crippen molar-refractivity contribution in [3.63, 3.8) is 0 Å². The van der Waals surface area contributed by atoms with Gasteiger partial charge in [-0.2, -0.15) is 0 Å². The molecule has 0 aromatic heterocycles. The molecule has 35 heavy (non-hydrogen) atoms. The van der Waals surface area contributed by atoms with Crippen molar-refractivity contribution in [3.05, 3.63) is 23.8 Å². The average Bonchev–Trinajstić information content (AvgIpc) is 2.97. The molecule has 2 heterocycles. The summed E-state index contributed by atoms with van der Waals surface area (Å²) in [7, 11) is 1.12. The predicted molar refractivity (Wildman–Crippen MR) is 136 cm³/mol. The smallest absolute Gasteiger partial charge is 0.494 e. The SMILES string of the molecule is COc1cc(B2OC(C)(C)C(C)(C)O2)ccc1CN(C(=O)OC(C)(C)C)C1CCN(C(C)=O)CC1. The van der Waals surface area contributed by atoms with Crippen molar-refractivity contribution >= 4 is 24.6 Å². The highest BCUT2D eigenvalue weighted by Crippen LogP contribution is 2.37. The second-order valence-electron chi connectivity index (χ2n) is 11.5. The third-order valence-electron chi connectivity index (χ3n) is 7.16. The van der Waals surface area contributed by atoms with Crippen LogP contribution in [-0.2, 0) is 25.4 Å². The average molecular weight is 488 g/mol. The van der Waals surface area contributed by atoms with Crippen LogP contribution in [0.4, 0.5) is 4.79 Å². The van der Waals surface area contributed by atoms with Crippen molar-refractivity contribution < 1.29 is 28.4 Å². The molecule has 2 aliphatic rings. The molecule has 9 heteroatoms. The summed E-state index contributed by atoms with van der Waals surface area (Å²) in [5, 5.41) is 0. The molecule has 2 amide bonds. The molecule has 0 aliphatic carbocycles. The van der Waals surface area contributed by atoms with Crippen LogP contribution in [0.2, 0.25) is 0 Å². The normalized spacial score (nSPS) is 20.0. The summed E-state index contributed by atoms with van der Waals surface area (Å²) in [6.45, 7) is 16.8. The second kappa shape index (κ2) is 10.0. The first kappa shape index (κ1) is 27.3. The molecule has 0 saturated carbocycles. The first-order valence-electron chi connectivity index (χ1n) is 12.4. The van der Waals surface area contributed by atoms with E-state index in [2.05, 4.69) is 0 Å². The van der Waals surface area contributed by atoms with Crippen LogP contribution in [0, 0.1) is 0 Å². The lowest BCUT2D eigenvalue weighted by Crippen LogP contribution is -2.49. The van der Waals surface area contributed by atoms with Crippen LogP contribution >= 0.6 is 0 Å². The van der Waals surface area contributed by atoms with E-state index in [1.807, 2.05) is 71.6 Å². The lowest BCUT2D eigenvalue weighted by Gasteiger charge is -2.39. The molecular formula is C26H41BN2O6. The van der Waals surface area contributed by atoms with Crippen LogP contribution in [0.15, 0.2) is 18.2 Å². The number of piperidine rings is 1. The largest absolute Gasteiger partial charge is 0.496 e. The topological polar surface area (TPSA) is 77.5 Å². The lowest BCUT2D eigenvalue weighted by atomic mass is 9.78. The summed E-state index contributed by atoms with van der Waals surface area (Å²) in [5.74, 6) is 0.721. The maximum atomic E-state index is 13.2. The van der Waals surface area contributed by atoms with Crippen LogP contribution in [0.5, 0.6) is 5.75 Å². The van der Waals surface area contributed by atoms with E-state index in [4.69, 9.17) is 18.8 Å². The summed E-state index contributed by atoms with van der Waals surface area (Å²) < 4.78 is 23.9. The van der Waals surface area contributed by atoms with Gasteiger partial charge in [0, 0.05) is 31.6 Å². The van der Waals surface area contributed by atoms with Gasteiger partial charge in [-0.3, -0.25) is 4.79 Å². The van der Waals surface area contributed by atoms with Gasteiger partial charge in [0.15, 0.2) is 0 Å². The minimum atomic E-state index is -0.611. The number of hydrogen-bond acceptors (Lipinski definition) is 6. The van der Waals surface area contributed by atoms with Crippen LogP contribution in [0.1, 0.15) is 73.8 Å². The van der Waals surface area contributed by atoms with Crippen LogP contribution < -0.4 is 10.2 Å². The van der Waals surface area contributed by atoms with Gasteiger partial charge < -0.3 is 28.6 Å². The highest BCUT2D eigenvalue weighted by atomic mass is 16.7. The number of hydrogen-bond donors (Lipinski definition) is 0. The van der Waals surface area contributed by atoms with Gasteiger partial charge >= 0.3 is 13.2 Å². The molecule has 194 valence electrons. The van der Waals surface area contributed by atoms with E-state index in [1.54, 1.807) is 18.9 Å². The highest BCUT2D eigenvalue weighted by Gasteiger charge is 2.51. The fourth-order valence-corrected chi connectivity index (χ4v) is 4.36. The van der Waals surface area contributed by atoms with Gasteiger partial charge in [-0.15, -0.1) is 0 Å². The van der Waals surface area contributed by atoms with Crippen molar-refractivity contribution in [2.24, 2.45) is 0 Å². The highest BCUT2D eigenvalue weighted by molar-refractivity contribution is 6.62. The van der Waals surface area contributed by atoms with Crippen LogP contribution in [-0.4, -0.2) is 72.0 Å². The molecule has 1 aromatic carbocycles. The van der Waals surface area contributed by atoms with Gasteiger partial charge in [-0.1, -0.05) is 12.1 Å². The molecule has 0 spiro atoms. The summed E-state index contributed by atoms with van der Waals surface area (Å²) in [6, 6.07) is 5.81. The van der Waals surface area contributed by atoms with Gasteiger partial charge in [-0.05, 0) is 72.8 Å². The van der Waals surface area contributed by atoms with Crippen molar-refractivity contribution in [2.45, 2.75) is 97.6 Å². The van der Waals surface area contributed by atoms with Crippen molar-refractivity contribution in [3.8, 4) is 5.75 Å². The minimum Gasteiger partial charge on any atom is -0.496 e. The number of benzene rings is 1. The van der Waals surface area contributed by atoms with Gasteiger partial charge in [0.2, 0.25) is 5.91 Å². The second-order valence-corrected chi connectivity index (χ2v) is 11.5. The lowest BCUT2D eigenvalue weighted by molar-refractivity contribution is -0.130. The third kappa shape index (κ3) is 6.30. The molecule has 2 aliphatic heterocycles. The Morgan fingerprint density at radius 1 is 1.11 bits per heavy atom. The first-order chi connectivity index (χ1) is 16.1. The molecular weight excluding hydrogens is 447 g/mol. The number of rotatable bonds is 5. The molecule has 8 nitrogen and oxygen atoms in total. The monoisotopic (exact) mass is 488 g/mol. The quantitative estimate of drug-likeness (QED) is 0.588. The first-order valence-corrected chi connectivity index (χ1v) is 12.4. The molecule has 0 atom stereocenters. The molecule has 3 rings (SSSR count). The summed E-state index contributed by atoms with van der Waals surface area (Å²) >= 11 is 0. The molecule has 0 radical (unpaired) electrons. The van der Waals surface area contributed by atoms with E-state index in [-0.39, 0.29) is 18.0 Å². The Morgan fingerprint density at radius 3 is 2.17 bits per heavy atom. The van der Waals surface area contributed by atoms with Gasteiger partial charge in [0.25, 0.3) is 0 Å². The van der Waals surface area contributed by atoms with Gasteiger partial charge in [-0.25, -0.2) is 4.79 Å². The zero-order valence-electron chi connectivity index (χ0n) is 22.8. The molecule has 0 N–H and O–H groups in total. The van der Waals surface area contributed by atoms with Crippen LogP contribution in [0.3, 0.4) is 0 Å². The van der Waals surface area contributed by atoms with E-state index in [0.717, 1.165) is 11.0 Å². The minimum absolute atomic E-state index is 0.0343. The fraction of sp³-hybridized carbons (Fsp3) is 0.692. The number of ether oxygens (including phenoxy) is 2. The summed E-state index contributed by atoms with van der Waals surface area (Å²) in [5.41, 5.74) is 0.244. The Kier molecular flexibility index (Phi) is 7.82. The standard InChI is InChI=1S/C26H41BN2O6/c1-18(30)28-14-12-21(13-15-28)29(23(31)33-24(2,3)4)17-19-10-11-20(16-22(19)32-9)27-34-25(5,6)26(7,8)35-27/h10-11,16,21H,12-15,17H2,1-9H3.